The van der Waals surface area contributed by atoms with E-state index in [1.807, 2.05) is 0 Å². The lowest BCUT2D eigenvalue weighted by Gasteiger charge is -2.19. The summed E-state index contributed by atoms with van der Waals surface area (Å²) in [6, 6.07) is 0. The van der Waals surface area contributed by atoms with E-state index in [-0.39, 0.29) is 6.10 Å². The third kappa shape index (κ3) is 2.79. The van der Waals surface area contributed by atoms with Crippen LogP contribution in [0.15, 0.2) is 10.6 Å². The minimum Gasteiger partial charge on any atom is -0.442 e. The molecule has 1 atom stereocenters. The number of aromatic nitrogens is 1. The first kappa shape index (κ1) is 10.6. The zero-order valence-electron chi connectivity index (χ0n) is 9.16. The van der Waals surface area contributed by atoms with Crippen molar-refractivity contribution in [2.75, 3.05) is 13.2 Å². The lowest BCUT2D eigenvalue weighted by atomic mass is 10.1. The van der Waals surface area contributed by atoms with Gasteiger partial charge in [-0.15, -0.1) is 0 Å². The fraction of sp³-hybridized carbons (Fsp3) is 0.727. The van der Waals surface area contributed by atoms with E-state index in [9.17, 15) is 0 Å². The highest BCUT2D eigenvalue weighted by atomic mass is 16.5. The Bertz CT molecular complexity index is 293. The van der Waals surface area contributed by atoms with Gasteiger partial charge in [0.1, 0.15) is 6.10 Å². The molecule has 0 bridgehead atoms. The predicted octanol–water partition coefficient (Wildman–Crippen LogP) is 2.03. The smallest absolute Gasteiger partial charge is 0.208 e. The Hall–Kier alpha value is -0.870. The van der Waals surface area contributed by atoms with E-state index in [0.29, 0.717) is 6.54 Å². The van der Waals surface area contributed by atoms with Gasteiger partial charge in [-0.1, -0.05) is 6.92 Å². The van der Waals surface area contributed by atoms with Gasteiger partial charge in [-0.05, 0) is 25.8 Å². The van der Waals surface area contributed by atoms with Crippen LogP contribution in [0.2, 0.25) is 0 Å². The van der Waals surface area contributed by atoms with E-state index in [1.165, 1.54) is 6.42 Å². The highest BCUT2D eigenvalue weighted by molar-refractivity contribution is 4.99. The van der Waals surface area contributed by atoms with Crippen LogP contribution in [-0.2, 0) is 11.3 Å². The number of hydrogen-bond donors (Lipinski definition) is 1. The topological polar surface area (TPSA) is 47.3 Å². The van der Waals surface area contributed by atoms with Crippen molar-refractivity contribution in [3.63, 3.8) is 0 Å². The second kappa shape index (κ2) is 5.28. The summed E-state index contributed by atoms with van der Waals surface area (Å²) in [4.78, 5) is 4.22. The summed E-state index contributed by atoms with van der Waals surface area (Å²) in [6.45, 7) is 4.53. The van der Waals surface area contributed by atoms with Crippen molar-refractivity contribution in [2.45, 2.75) is 38.8 Å². The number of nitrogens with one attached hydrogen (secondary N) is 1. The van der Waals surface area contributed by atoms with E-state index in [0.717, 1.165) is 37.6 Å². The Morgan fingerprint density at radius 2 is 2.47 bits per heavy atom. The van der Waals surface area contributed by atoms with Crippen LogP contribution in [0.4, 0.5) is 0 Å². The van der Waals surface area contributed by atoms with Gasteiger partial charge in [-0.25, -0.2) is 4.98 Å². The normalized spacial score (nSPS) is 21.8. The minimum absolute atomic E-state index is 0.127. The average Bonchev–Trinajstić information content (AvgIpc) is 2.76. The number of hydrogen-bond acceptors (Lipinski definition) is 4. The largest absolute Gasteiger partial charge is 0.442 e. The van der Waals surface area contributed by atoms with Gasteiger partial charge in [0.15, 0.2) is 5.76 Å². The molecule has 1 unspecified atom stereocenters. The fourth-order valence-corrected chi connectivity index (χ4v) is 1.75. The SMILES string of the molecule is CCNCc1ncc(C2CCCCO2)o1. The maximum absolute atomic E-state index is 5.63. The molecule has 4 heteroatoms. The number of nitrogens with zero attached hydrogens (tertiary/aromatic N) is 1. The minimum atomic E-state index is 0.127. The summed E-state index contributed by atoms with van der Waals surface area (Å²) < 4.78 is 11.3. The molecule has 4 nitrogen and oxygen atoms in total. The van der Waals surface area contributed by atoms with Crippen molar-refractivity contribution in [1.29, 1.82) is 0 Å². The van der Waals surface area contributed by atoms with Gasteiger partial charge in [-0.3, -0.25) is 0 Å². The van der Waals surface area contributed by atoms with Gasteiger partial charge in [-0.2, -0.15) is 0 Å². The molecule has 1 aliphatic rings. The first-order chi connectivity index (χ1) is 7.40. The molecule has 2 heterocycles. The van der Waals surface area contributed by atoms with Gasteiger partial charge in [0.05, 0.1) is 12.7 Å². The standard InChI is InChI=1S/C11H18N2O2/c1-2-12-8-11-13-7-10(15-11)9-5-3-4-6-14-9/h7,9,12H,2-6,8H2,1H3. The van der Waals surface area contributed by atoms with Crippen molar-refractivity contribution >= 4 is 0 Å². The molecule has 1 aliphatic heterocycles. The third-order valence-corrected chi connectivity index (χ3v) is 2.59. The monoisotopic (exact) mass is 210 g/mol. The first-order valence-electron chi connectivity index (χ1n) is 5.67. The molecule has 0 aromatic carbocycles. The molecule has 1 fully saturated rings. The van der Waals surface area contributed by atoms with Crippen LogP contribution in [0.3, 0.4) is 0 Å². The van der Waals surface area contributed by atoms with E-state index in [2.05, 4.69) is 17.2 Å². The molecule has 84 valence electrons. The molecule has 1 aromatic rings. The molecular formula is C11H18N2O2. The van der Waals surface area contributed by atoms with Gasteiger partial charge in [0.25, 0.3) is 0 Å². The van der Waals surface area contributed by atoms with Crippen LogP contribution in [0, 0.1) is 0 Å². The molecule has 2 rings (SSSR count). The zero-order chi connectivity index (χ0) is 10.5. The van der Waals surface area contributed by atoms with Crippen LogP contribution in [0.1, 0.15) is 43.9 Å². The molecule has 0 spiro atoms. The van der Waals surface area contributed by atoms with Crippen molar-refractivity contribution in [3.05, 3.63) is 17.8 Å². The number of rotatable bonds is 4. The maximum atomic E-state index is 5.63. The summed E-state index contributed by atoms with van der Waals surface area (Å²) in [7, 11) is 0. The lowest BCUT2D eigenvalue weighted by Crippen LogP contribution is -2.12. The summed E-state index contributed by atoms with van der Waals surface area (Å²) in [5.41, 5.74) is 0. The molecule has 0 radical (unpaired) electrons. The van der Waals surface area contributed by atoms with Crippen molar-refractivity contribution in [2.24, 2.45) is 0 Å². The Morgan fingerprint density at radius 1 is 1.53 bits per heavy atom. The third-order valence-electron chi connectivity index (χ3n) is 2.59. The summed E-state index contributed by atoms with van der Waals surface area (Å²) in [5.74, 6) is 1.63. The Kier molecular flexibility index (Phi) is 3.75. The second-order valence-electron chi connectivity index (χ2n) is 3.79. The fourth-order valence-electron chi connectivity index (χ4n) is 1.75. The number of ether oxygens (including phenoxy) is 1. The Labute approximate surface area is 90.0 Å². The van der Waals surface area contributed by atoms with E-state index in [4.69, 9.17) is 9.15 Å². The van der Waals surface area contributed by atoms with Crippen LogP contribution in [-0.4, -0.2) is 18.1 Å². The highest BCUT2D eigenvalue weighted by Gasteiger charge is 2.19. The lowest BCUT2D eigenvalue weighted by molar-refractivity contribution is 0.00123. The Balaban J connectivity index is 1.93. The van der Waals surface area contributed by atoms with Crippen molar-refractivity contribution in [1.82, 2.24) is 10.3 Å². The molecule has 0 saturated carbocycles. The summed E-state index contributed by atoms with van der Waals surface area (Å²) >= 11 is 0. The van der Waals surface area contributed by atoms with Crippen molar-refractivity contribution in [3.8, 4) is 0 Å². The van der Waals surface area contributed by atoms with Gasteiger partial charge in [0, 0.05) is 6.61 Å². The van der Waals surface area contributed by atoms with Crippen LogP contribution >= 0.6 is 0 Å². The summed E-state index contributed by atoms with van der Waals surface area (Å²) in [6.07, 6.45) is 5.35. The van der Waals surface area contributed by atoms with E-state index >= 15 is 0 Å². The quantitative estimate of drug-likeness (QED) is 0.826. The molecule has 15 heavy (non-hydrogen) atoms. The highest BCUT2D eigenvalue weighted by Crippen LogP contribution is 2.27. The predicted molar refractivity (Wildman–Crippen MR) is 56.4 cm³/mol. The van der Waals surface area contributed by atoms with Gasteiger partial charge >= 0.3 is 0 Å². The van der Waals surface area contributed by atoms with Crippen molar-refractivity contribution < 1.29 is 9.15 Å². The molecule has 0 aliphatic carbocycles. The second-order valence-corrected chi connectivity index (χ2v) is 3.79. The molecular weight excluding hydrogens is 192 g/mol. The van der Waals surface area contributed by atoms with E-state index < -0.39 is 0 Å². The molecule has 1 saturated heterocycles. The maximum Gasteiger partial charge on any atom is 0.208 e. The van der Waals surface area contributed by atoms with E-state index in [1.54, 1.807) is 6.20 Å². The van der Waals surface area contributed by atoms with Crippen LogP contribution in [0.5, 0.6) is 0 Å². The van der Waals surface area contributed by atoms with Crippen LogP contribution in [0.25, 0.3) is 0 Å². The zero-order valence-corrected chi connectivity index (χ0v) is 9.16. The Morgan fingerprint density at radius 3 is 3.20 bits per heavy atom. The van der Waals surface area contributed by atoms with Crippen LogP contribution < -0.4 is 5.32 Å². The molecule has 1 aromatic heterocycles. The average molecular weight is 210 g/mol. The summed E-state index contributed by atoms with van der Waals surface area (Å²) in [5, 5.41) is 3.18. The number of oxazole rings is 1. The first-order valence-corrected chi connectivity index (χ1v) is 5.67. The molecule has 1 N–H and O–H groups in total. The van der Waals surface area contributed by atoms with Gasteiger partial charge < -0.3 is 14.5 Å². The molecule has 0 amide bonds. The van der Waals surface area contributed by atoms with Gasteiger partial charge in [0.2, 0.25) is 5.89 Å².